The number of amides is 1. The van der Waals surface area contributed by atoms with Gasteiger partial charge in [0.2, 0.25) is 0 Å². The van der Waals surface area contributed by atoms with Crippen LogP contribution in [0, 0.1) is 18.3 Å². The number of hydrogen-bond donors (Lipinski definition) is 2. The van der Waals surface area contributed by atoms with Crippen LogP contribution in [0.1, 0.15) is 6.92 Å². The van der Waals surface area contributed by atoms with Crippen molar-refractivity contribution < 1.29 is 9.90 Å². The average molecular weight is 141 g/mol. The Morgan fingerprint density at radius 1 is 1.90 bits per heavy atom. The highest BCUT2D eigenvalue weighted by atomic mass is 16.3. The maximum atomic E-state index is 10.4. The van der Waals surface area contributed by atoms with Crippen molar-refractivity contribution in [3.63, 3.8) is 0 Å². The molecule has 0 saturated carbocycles. The van der Waals surface area contributed by atoms with Gasteiger partial charge in [-0.2, -0.15) is 0 Å². The SMILES string of the molecule is C#CC(=O)NCC(C)CO. The molecule has 0 rings (SSSR count). The van der Waals surface area contributed by atoms with Crippen molar-refractivity contribution in [3.8, 4) is 12.3 Å². The second kappa shape index (κ2) is 4.83. The van der Waals surface area contributed by atoms with Gasteiger partial charge in [-0.3, -0.25) is 4.79 Å². The Kier molecular flexibility index (Phi) is 4.34. The first-order chi connectivity index (χ1) is 4.70. The molecule has 10 heavy (non-hydrogen) atoms. The van der Waals surface area contributed by atoms with Crippen LogP contribution in [-0.4, -0.2) is 24.2 Å². The minimum atomic E-state index is -0.430. The zero-order valence-corrected chi connectivity index (χ0v) is 5.92. The number of rotatable bonds is 3. The highest BCUT2D eigenvalue weighted by Gasteiger charge is 2.00. The fourth-order valence-corrected chi connectivity index (χ4v) is 0.383. The molecule has 0 aliphatic rings. The Labute approximate surface area is 60.4 Å². The van der Waals surface area contributed by atoms with Crippen molar-refractivity contribution in [2.24, 2.45) is 5.92 Å². The second-order valence-electron chi connectivity index (χ2n) is 2.14. The number of terminal acetylenes is 1. The van der Waals surface area contributed by atoms with Gasteiger partial charge in [-0.15, -0.1) is 6.42 Å². The predicted octanol–water partition coefficient (Wildman–Crippen LogP) is -0.636. The summed E-state index contributed by atoms with van der Waals surface area (Å²) >= 11 is 0. The van der Waals surface area contributed by atoms with Crippen LogP contribution in [0.3, 0.4) is 0 Å². The summed E-state index contributed by atoms with van der Waals surface area (Å²) in [7, 11) is 0. The number of aliphatic hydroxyl groups is 1. The fraction of sp³-hybridized carbons (Fsp3) is 0.571. The van der Waals surface area contributed by atoms with Crippen LogP contribution < -0.4 is 5.32 Å². The molecule has 56 valence electrons. The quantitative estimate of drug-likeness (QED) is 0.514. The normalized spacial score (nSPS) is 11.7. The van der Waals surface area contributed by atoms with Crippen LogP contribution in [-0.2, 0) is 4.79 Å². The van der Waals surface area contributed by atoms with Crippen molar-refractivity contribution in [1.82, 2.24) is 5.32 Å². The van der Waals surface area contributed by atoms with Crippen molar-refractivity contribution >= 4 is 5.91 Å². The van der Waals surface area contributed by atoms with Crippen LogP contribution in [0.2, 0.25) is 0 Å². The lowest BCUT2D eigenvalue weighted by Gasteiger charge is -2.05. The number of nitrogens with one attached hydrogen (secondary N) is 1. The number of hydrogen-bond acceptors (Lipinski definition) is 2. The molecule has 0 radical (unpaired) electrons. The molecule has 2 N–H and O–H groups in total. The van der Waals surface area contributed by atoms with Gasteiger partial charge in [-0.25, -0.2) is 0 Å². The van der Waals surface area contributed by atoms with E-state index in [1.54, 1.807) is 0 Å². The minimum Gasteiger partial charge on any atom is -0.396 e. The number of carbonyl (C=O) groups excluding carboxylic acids is 1. The Morgan fingerprint density at radius 3 is 2.90 bits per heavy atom. The van der Waals surface area contributed by atoms with Crippen LogP contribution in [0.15, 0.2) is 0 Å². The Morgan fingerprint density at radius 2 is 2.50 bits per heavy atom. The summed E-state index contributed by atoms with van der Waals surface area (Å²) < 4.78 is 0. The van der Waals surface area contributed by atoms with Gasteiger partial charge in [0.15, 0.2) is 0 Å². The van der Waals surface area contributed by atoms with Gasteiger partial charge < -0.3 is 10.4 Å². The molecule has 0 heterocycles. The summed E-state index contributed by atoms with van der Waals surface area (Å²) in [5, 5.41) is 11.0. The first kappa shape index (κ1) is 8.99. The second-order valence-corrected chi connectivity index (χ2v) is 2.14. The average Bonchev–Trinajstić information content (AvgIpc) is 1.99. The Balaban J connectivity index is 3.37. The van der Waals surface area contributed by atoms with E-state index in [1.807, 2.05) is 12.8 Å². The Bertz CT molecular complexity index is 148. The largest absolute Gasteiger partial charge is 0.396 e. The van der Waals surface area contributed by atoms with E-state index in [-0.39, 0.29) is 12.5 Å². The lowest BCUT2D eigenvalue weighted by atomic mass is 10.2. The standard InChI is InChI=1S/C7H11NO2/c1-3-7(10)8-4-6(2)5-9/h1,6,9H,4-5H2,2H3,(H,8,10). The molecule has 0 aromatic carbocycles. The third-order valence-corrected chi connectivity index (χ3v) is 1.05. The smallest absolute Gasteiger partial charge is 0.295 e. The molecule has 0 spiro atoms. The van der Waals surface area contributed by atoms with E-state index in [2.05, 4.69) is 5.32 Å². The van der Waals surface area contributed by atoms with E-state index < -0.39 is 5.91 Å². The molecule has 0 bridgehead atoms. The third kappa shape index (κ3) is 3.93. The molecule has 1 atom stereocenters. The summed E-state index contributed by atoms with van der Waals surface area (Å²) in [5.41, 5.74) is 0. The van der Waals surface area contributed by atoms with E-state index in [1.165, 1.54) is 0 Å². The van der Waals surface area contributed by atoms with Crippen LogP contribution in [0.5, 0.6) is 0 Å². The fourth-order valence-electron chi connectivity index (χ4n) is 0.383. The zero-order chi connectivity index (χ0) is 7.98. The van der Waals surface area contributed by atoms with Crippen molar-refractivity contribution in [3.05, 3.63) is 0 Å². The van der Waals surface area contributed by atoms with Crippen LogP contribution >= 0.6 is 0 Å². The minimum absolute atomic E-state index is 0.0604. The van der Waals surface area contributed by atoms with Crippen LogP contribution in [0.25, 0.3) is 0 Å². The predicted molar refractivity (Wildman–Crippen MR) is 38.1 cm³/mol. The first-order valence-corrected chi connectivity index (χ1v) is 3.06. The van der Waals surface area contributed by atoms with E-state index in [9.17, 15) is 4.79 Å². The topological polar surface area (TPSA) is 49.3 Å². The van der Waals surface area contributed by atoms with Gasteiger partial charge in [0.05, 0.1) is 0 Å². The van der Waals surface area contributed by atoms with Gasteiger partial charge in [-0.1, -0.05) is 6.92 Å². The van der Waals surface area contributed by atoms with Crippen LogP contribution in [0.4, 0.5) is 0 Å². The van der Waals surface area contributed by atoms with Crippen molar-refractivity contribution in [2.45, 2.75) is 6.92 Å². The Hall–Kier alpha value is -1.01. The number of aliphatic hydroxyl groups excluding tert-OH is 1. The molecule has 3 nitrogen and oxygen atoms in total. The first-order valence-electron chi connectivity index (χ1n) is 3.06. The number of carbonyl (C=O) groups is 1. The molecule has 0 aliphatic heterocycles. The molecule has 0 aromatic rings. The highest BCUT2D eigenvalue weighted by Crippen LogP contribution is 1.87. The van der Waals surface area contributed by atoms with Gasteiger partial charge in [0, 0.05) is 13.2 Å². The molecule has 0 fully saturated rings. The molecule has 1 unspecified atom stereocenters. The molecular formula is C7H11NO2. The van der Waals surface area contributed by atoms with Gasteiger partial charge in [-0.05, 0) is 11.8 Å². The molecular weight excluding hydrogens is 130 g/mol. The summed E-state index contributed by atoms with van der Waals surface area (Å²) in [6.45, 7) is 2.31. The molecule has 0 saturated heterocycles. The lowest BCUT2D eigenvalue weighted by Crippen LogP contribution is -2.28. The summed E-state index contributed by atoms with van der Waals surface area (Å²) in [4.78, 5) is 10.4. The monoisotopic (exact) mass is 141 g/mol. The van der Waals surface area contributed by atoms with Gasteiger partial charge in [0.1, 0.15) is 0 Å². The molecule has 3 heteroatoms. The zero-order valence-electron chi connectivity index (χ0n) is 5.92. The third-order valence-electron chi connectivity index (χ3n) is 1.05. The van der Waals surface area contributed by atoms with E-state index in [0.717, 1.165) is 0 Å². The van der Waals surface area contributed by atoms with Gasteiger partial charge >= 0.3 is 0 Å². The van der Waals surface area contributed by atoms with Crippen molar-refractivity contribution in [2.75, 3.05) is 13.2 Å². The summed E-state index contributed by atoms with van der Waals surface area (Å²) in [6.07, 6.45) is 4.78. The lowest BCUT2D eigenvalue weighted by molar-refractivity contribution is -0.115. The maximum Gasteiger partial charge on any atom is 0.295 e. The van der Waals surface area contributed by atoms with E-state index in [0.29, 0.717) is 6.54 Å². The maximum absolute atomic E-state index is 10.4. The summed E-state index contributed by atoms with van der Waals surface area (Å²) in [6, 6.07) is 0. The molecule has 0 aromatic heterocycles. The van der Waals surface area contributed by atoms with E-state index in [4.69, 9.17) is 11.5 Å². The van der Waals surface area contributed by atoms with Gasteiger partial charge in [0.25, 0.3) is 5.91 Å². The van der Waals surface area contributed by atoms with E-state index >= 15 is 0 Å². The summed E-state index contributed by atoms with van der Waals surface area (Å²) in [5.74, 6) is 1.55. The molecule has 1 amide bonds. The highest BCUT2D eigenvalue weighted by molar-refractivity contribution is 5.92. The van der Waals surface area contributed by atoms with Crippen molar-refractivity contribution in [1.29, 1.82) is 0 Å². The molecule has 0 aliphatic carbocycles.